The van der Waals surface area contributed by atoms with Gasteiger partial charge in [0.25, 0.3) is 0 Å². The summed E-state index contributed by atoms with van der Waals surface area (Å²) in [5, 5.41) is 0. The molecule has 0 spiro atoms. The fourth-order valence-electron chi connectivity index (χ4n) is 5.30. The van der Waals surface area contributed by atoms with Crippen molar-refractivity contribution in [1.82, 2.24) is 0 Å². The molecular weight excluding hydrogens is 284 g/mol. The van der Waals surface area contributed by atoms with Gasteiger partial charge >= 0.3 is 5.97 Å². The second kappa shape index (κ2) is 9.08. The largest absolute Gasteiger partial charge is 0.462 e. The molecule has 2 nitrogen and oxygen atoms in total. The minimum absolute atomic E-state index is 0.0954. The highest BCUT2D eigenvalue weighted by Gasteiger charge is 2.30. The van der Waals surface area contributed by atoms with Crippen LogP contribution >= 0.6 is 0 Å². The molecule has 0 aliphatic heterocycles. The number of carbonyl (C=O) groups is 1. The first-order chi connectivity index (χ1) is 11.3. The van der Waals surface area contributed by atoms with Gasteiger partial charge in [0.1, 0.15) is 6.10 Å². The van der Waals surface area contributed by atoms with Crippen LogP contribution in [-0.2, 0) is 9.53 Å². The van der Waals surface area contributed by atoms with E-state index >= 15 is 0 Å². The summed E-state index contributed by atoms with van der Waals surface area (Å²) in [5.41, 5.74) is 0. The molecule has 0 radical (unpaired) electrons. The molecule has 0 amide bonds. The average Bonchev–Trinajstić information content (AvgIpc) is 2.85. The van der Waals surface area contributed by atoms with Crippen LogP contribution in [0, 0.1) is 17.8 Å². The van der Waals surface area contributed by atoms with Crippen molar-refractivity contribution in [2.24, 2.45) is 17.8 Å². The van der Waals surface area contributed by atoms with E-state index in [0.29, 0.717) is 12.3 Å². The van der Waals surface area contributed by atoms with Crippen LogP contribution in [0.3, 0.4) is 0 Å². The van der Waals surface area contributed by atoms with E-state index in [4.69, 9.17) is 4.74 Å². The van der Waals surface area contributed by atoms with E-state index in [1.165, 1.54) is 83.5 Å². The first kappa shape index (κ1) is 17.3. The molecule has 0 N–H and O–H groups in total. The van der Waals surface area contributed by atoms with Crippen LogP contribution in [0.4, 0.5) is 0 Å². The van der Waals surface area contributed by atoms with Gasteiger partial charge in [0.2, 0.25) is 0 Å². The maximum Gasteiger partial charge on any atom is 0.306 e. The van der Waals surface area contributed by atoms with Crippen molar-refractivity contribution >= 4 is 5.97 Å². The Labute approximate surface area is 142 Å². The number of rotatable bonds is 4. The molecule has 0 atom stereocenters. The fourth-order valence-corrected chi connectivity index (χ4v) is 5.30. The predicted octanol–water partition coefficient (Wildman–Crippen LogP) is 6.03. The lowest BCUT2D eigenvalue weighted by molar-refractivity contribution is -0.151. The van der Waals surface area contributed by atoms with Gasteiger partial charge in [0.15, 0.2) is 0 Å². The topological polar surface area (TPSA) is 26.3 Å². The summed E-state index contributed by atoms with van der Waals surface area (Å²) < 4.78 is 5.78. The molecule has 3 fully saturated rings. The monoisotopic (exact) mass is 320 g/mol. The molecule has 3 aliphatic carbocycles. The van der Waals surface area contributed by atoms with Gasteiger partial charge in [-0.05, 0) is 69.1 Å². The van der Waals surface area contributed by atoms with Crippen LogP contribution in [0.1, 0.15) is 103 Å². The Morgan fingerprint density at radius 3 is 1.83 bits per heavy atom. The normalized spacial score (nSPS) is 31.5. The molecule has 0 aromatic carbocycles. The third-order valence-corrected chi connectivity index (χ3v) is 6.76. The highest BCUT2D eigenvalue weighted by atomic mass is 16.5. The zero-order valence-electron chi connectivity index (χ0n) is 14.9. The third-order valence-electron chi connectivity index (χ3n) is 6.76. The van der Waals surface area contributed by atoms with Gasteiger partial charge in [-0.15, -0.1) is 0 Å². The van der Waals surface area contributed by atoms with E-state index in [1.807, 2.05) is 0 Å². The Hall–Kier alpha value is -0.530. The number of esters is 1. The molecule has 0 aromatic heterocycles. The first-order valence-corrected chi connectivity index (χ1v) is 10.5. The predicted molar refractivity (Wildman–Crippen MR) is 94.2 cm³/mol. The Morgan fingerprint density at radius 1 is 0.652 bits per heavy atom. The number of hydrogen-bond acceptors (Lipinski definition) is 2. The SMILES string of the molecule is O=C(CC1CCC(C2CCCCC2)CC1)OC1CCCCCC1. The molecule has 2 heteroatoms. The second-order valence-corrected chi connectivity index (χ2v) is 8.49. The van der Waals surface area contributed by atoms with Crippen LogP contribution < -0.4 is 0 Å². The standard InChI is InChI=1S/C21H36O2/c22-21(23-20-10-6-1-2-7-11-20)16-17-12-14-19(15-13-17)18-8-4-3-5-9-18/h17-20H,1-16H2. The Morgan fingerprint density at radius 2 is 1.17 bits per heavy atom. The third kappa shape index (κ3) is 5.50. The zero-order valence-corrected chi connectivity index (χ0v) is 14.9. The van der Waals surface area contributed by atoms with Gasteiger partial charge in [-0.1, -0.05) is 44.9 Å². The molecule has 0 aromatic rings. The van der Waals surface area contributed by atoms with Crippen LogP contribution in [-0.4, -0.2) is 12.1 Å². The maximum absolute atomic E-state index is 12.3. The second-order valence-electron chi connectivity index (χ2n) is 8.49. The highest BCUT2D eigenvalue weighted by molar-refractivity contribution is 5.69. The molecule has 3 rings (SSSR count). The van der Waals surface area contributed by atoms with Crippen molar-refractivity contribution in [3.05, 3.63) is 0 Å². The van der Waals surface area contributed by atoms with Gasteiger partial charge in [-0.25, -0.2) is 0 Å². The van der Waals surface area contributed by atoms with Gasteiger partial charge in [0.05, 0.1) is 0 Å². The van der Waals surface area contributed by atoms with E-state index in [-0.39, 0.29) is 12.1 Å². The van der Waals surface area contributed by atoms with Gasteiger partial charge in [0, 0.05) is 6.42 Å². The maximum atomic E-state index is 12.3. The van der Waals surface area contributed by atoms with Crippen LogP contribution in [0.25, 0.3) is 0 Å². The van der Waals surface area contributed by atoms with E-state index in [0.717, 1.165) is 24.7 Å². The molecule has 132 valence electrons. The van der Waals surface area contributed by atoms with Crippen molar-refractivity contribution in [2.75, 3.05) is 0 Å². The molecule has 0 heterocycles. The summed E-state index contributed by atoms with van der Waals surface area (Å²) in [5.74, 6) is 2.67. The van der Waals surface area contributed by atoms with Crippen LogP contribution in [0.15, 0.2) is 0 Å². The van der Waals surface area contributed by atoms with Crippen LogP contribution in [0.2, 0.25) is 0 Å². The van der Waals surface area contributed by atoms with Gasteiger partial charge in [-0.3, -0.25) is 4.79 Å². The number of ether oxygens (including phenoxy) is 1. The molecule has 3 aliphatic rings. The van der Waals surface area contributed by atoms with Crippen molar-refractivity contribution in [3.63, 3.8) is 0 Å². The Kier molecular flexibility index (Phi) is 6.83. The molecule has 0 unspecified atom stereocenters. The number of carbonyl (C=O) groups excluding carboxylic acids is 1. The van der Waals surface area contributed by atoms with Gasteiger partial charge in [-0.2, -0.15) is 0 Å². The summed E-state index contributed by atoms with van der Waals surface area (Å²) >= 11 is 0. The Balaban J connectivity index is 1.35. The lowest BCUT2D eigenvalue weighted by Gasteiger charge is -2.35. The first-order valence-electron chi connectivity index (χ1n) is 10.5. The molecule has 23 heavy (non-hydrogen) atoms. The molecule has 3 saturated carbocycles. The zero-order chi connectivity index (χ0) is 15.9. The fraction of sp³-hybridized carbons (Fsp3) is 0.952. The summed E-state index contributed by atoms with van der Waals surface area (Å²) in [6, 6.07) is 0. The average molecular weight is 321 g/mol. The van der Waals surface area contributed by atoms with Crippen molar-refractivity contribution in [3.8, 4) is 0 Å². The van der Waals surface area contributed by atoms with Crippen LogP contribution in [0.5, 0.6) is 0 Å². The minimum atomic E-state index is 0.0954. The molecule has 0 saturated heterocycles. The minimum Gasteiger partial charge on any atom is -0.462 e. The Bertz CT molecular complexity index is 343. The smallest absolute Gasteiger partial charge is 0.306 e. The summed E-state index contributed by atoms with van der Waals surface area (Å²) in [4.78, 5) is 12.3. The van der Waals surface area contributed by atoms with E-state index in [1.54, 1.807) is 0 Å². The summed E-state index contributed by atoms with van der Waals surface area (Å²) in [6.07, 6.45) is 20.8. The van der Waals surface area contributed by atoms with E-state index in [9.17, 15) is 4.79 Å². The quantitative estimate of drug-likeness (QED) is 0.467. The van der Waals surface area contributed by atoms with Crippen molar-refractivity contribution in [2.45, 2.75) is 109 Å². The van der Waals surface area contributed by atoms with Crippen molar-refractivity contribution < 1.29 is 9.53 Å². The van der Waals surface area contributed by atoms with E-state index in [2.05, 4.69) is 0 Å². The number of hydrogen-bond donors (Lipinski definition) is 0. The lowest BCUT2D eigenvalue weighted by Crippen LogP contribution is -2.26. The van der Waals surface area contributed by atoms with E-state index < -0.39 is 0 Å². The summed E-state index contributed by atoms with van der Waals surface area (Å²) in [6.45, 7) is 0. The summed E-state index contributed by atoms with van der Waals surface area (Å²) in [7, 11) is 0. The molecular formula is C21H36O2. The van der Waals surface area contributed by atoms with Gasteiger partial charge < -0.3 is 4.74 Å². The lowest BCUT2D eigenvalue weighted by atomic mass is 9.70. The molecule has 0 bridgehead atoms. The highest BCUT2D eigenvalue weighted by Crippen LogP contribution is 2.40. The van der Waals surface area contributed by atoms with Crippen molar-refractivity contribution in [1.29, 1.82) is 0 Å².